The molecule has 0 radical (unpaired) electrons. The minimum absolute atomic E-state index is 0.233. The first-order chi connectivity index (χ1) is 9.63. The molecule has 0 spiro atoms. The van der Waals surface area contributed by atoms with Crippen LogP contribution in [0.4, 0.5) is 5.13 Å². The van der Waals surface area contributed by atoms with Gasteiger partial charge in [-0.2, -0.15) is 0 Å². The Balaban J connectivity index is 1.64. The predicted molar refractivity (Wildman–Crippen MR) is 75.5 cm³/mol. The van der Waals surface area contributed by atoms with Gasteiger partial charge in [-0.05, 0) is 32.8 Å². The van der Waals surface area contributed by atoms with Gasteiger partial charge in [0, 0.05) is 17.6 Å². The van der Waals surface area contributed by atoms with Gasteiger partial charge in [0.15, 0.2) is 0 Å². The molecule has 1 aliphatic carbocycles. The third-order valence-electron chi connectivity index (χ3n) is 3.09. The van der Waals surface area contributed by atoms with Crippen LogP contribution in [0.25, 0.3) is 6.08 Å². The van der Waals surface area contributed by atoms with Crippen LogP contribution in [0.15, 0.2) is 10.6 Å². The standard InChI is InChI=1S/C13H14N4O2S/c1-7-10(8(2)19-17-7)5-6-11(18)14-13-16-15-12(20-13)9-3-4-9/h5-6,9H,3-4H2,1-2H3,(H,14,16,18)/b6-5+. The minimum Gasteiger partial charge on any atom is -0.361 e. The van der Waals surface area contributed by atoms with E-state index in [2.05, 4.69) is 20.7 Å². The minimum atomic E-state index is -0.233. The van der Waals surface area contributed by atoms with E-state index >= 15 is 0 Å². The molecule has 0 aliphatic heterocycles. The third-order valence-corrected chi connectivity index (χ3v) is 4.09. The SMILES string of the molecule is Cc1noc(C)c1/C=C/C(=O)Nc1nnc(C2CC2)s1. The van der Waals surface area contributed by atoms with E-state index in [1.54, 1.807) is 6.08 Å². The summed E-state index contributed by atoms with van der Waals surface area (Å²) in [5.41, 5.74) is 1.59. The highest BCUT2D eigenvalue weighted by molar-refractivity contribution is 7.15. The zero-order valence-corrected chi connectivity index (χ0v) is 12.0. The van der Waals surface area contributed by atoms with E-state index < -0.39 is 0 Å². The van der Waals surface area contributed by atoms with E-state index in [1.807, 2.05) is 13.8 Å². The van der Waals surface area contributed by atoms with Crippen molar-refractivity contribution in [1.82, 2.24) is 15.4 Å². The summed E-state index contributed by atoms with van der Waals surface area (Å²) < 4.78 is 5.03. The van der Waals surface area contributed by atoms with Gasteiger partial charge in [-0.3, -0.25) is 10.1 Å². The Morgan fingerprint density at radius 3 is 2.85 bits per heavy atom. The normalized spacial score (nSPS) is 14.9. The fraction of sp³-hybridized carbons (Fsp3) is 0.385. The molecule has 104 valence electrons. The average Bonchev–Trinajstić information content (AvgIpc) is 3.09. The summed E-state index contributed by atoms with van der Waals surface area (Å²) in [7, 11) is 0. The third kappa shape index (κ3) is 2.77. The van der Waals surface area contributed by atoms with Crippen LogP contribution in [0.3, 0.4) is 0 Å². The number of nitrogens with zero attached hydrogens (tertiary/aromatic N) is 3. The van der Waals surface area contributed by atoms with Crippen molar-refractivity contribution >= 4 is 28.5 Å². The molecule has 0 saturated heterocycles. The van der Waals surface area contributed by atoms with Crippen LogP contribution in [0.1, 0.15) is 40.8 Å². The van der Waals surface area contributed by atoms with E-state index in [1.165, 1.54) is 30.3 Å². The maximum Gasteiger partial charge on any atom is 0.250 e. The number of aryl methyl sites for hydroxylation is 2. The second-order valence-corrected chi connectivity index (χ2v) is 5.79. The Morgan fingerprint density at radius 2 is 2.20 bits per heavy atom. The number of nitrogens with one attached hydrogen (secondary N) is 1. The predicted octanol–water partition coefficient (Wildman–Crippen LogP) is 2.67. The van der Waals surface area contributed by atoms with Crippen LogP contribution in [-0.4, -0.2) is 21.3 Å². The second kappa shape index (κ2) is 5.16. The number of hydrogen-bond acceptors (Lipinski definition) is 6. The van der Waals surface area contributed by atoms with E-state index in [0.717, 1.165) is 16.3 Å². The molecule has 0 aromatic carbocycles. The molecule has 3 rings (SSSR count). The summed E-state index contributed by atoms with van der Waals surface area (Å²) in [6, 6.07) is 0. The maximum atomic E-state index is 11.8. The molecule has 1 aliphatic rings. The zero-order chi connectivity index (χ0) is 14.1. The van der Waals surface area contributed by atoms with Gasteiger partial charge in [-0.1, -0.05) is 16.5 Å². The summed E-state index contributed by atoms with van der Waals surface area (Å²) >= 11 is 1.44. The van der Waals surface area contributed by atoms with Gasteiger partial charge in [0.1, 0.15) is 10.8 Å². The number of amides is 1. The van der Waals surface area contributed by atoms with Crippen molar-refractivity contribution in [3.63, 3.8) is 0 Å². The Labute approximate surface area is 119 Å². The highest BCUT2D eigenvalue weighted by Crippen LogP contribution is 2.41. The molecule has 7 heteroatoms. The second-order valence-electron chi connectivity index (χ2n) is 4.78. The van der Waals surface area contributed by atoms with Crippen molar-refractivity contribution in [1.29, 1.82) is 0 Å². The van der Waals surface area contributed by atoms with E-state index in [9.17, 15) is 4.79 Å². The van der Waals surface area contributed by atoms with Gasteiger partial charge >= 0.3 is 0 Å². The van der Waals surface area contributed by atoms with Crippen LogP contribution in [0, 0.1) is 13.8 Å². The summed E-state index contributed by atoms with van der Waals surface area (Å²) in [6.07, 6.45) is 5.49. The molecule has 20 heavy (non-hydrogen) atoms. The largest absolute Gasteiger partial charge is 0.361 e. The first kappa shape index (κ1) is 13.0. The number of anilines is 1. The Morgan fingerprint density at radius 1 is 1.40 bits per heavy atom. The number of hydrogen-bond donors (Lipinski definition) is 1. The van der Waals surface area contributed by atoms with Crippen LogP contribution in [0.2, 0.25) is 0 Å². The number of carbonyl (C=O) groups excluding carboxylic acids is 1. The van der Waals surface area contributed by atoms with Crippen molar-refractivity contribution in [3.05, 3.63) is 28.1 Å². The highest BCUT2D eigenvalue weighted by Gasteiger charge is 2.27. The first-order valence-corrected chi connectivity index (χ1v) is 7.20. The molecule has 0 atom stereocenters. The average molecular weight is 290 g/mol. The van der Waals surface area contributed by atoms with Crippen LogP contribution in [-0.2, 0) is 4.79 Å². The van der Waals surface area contributed by atoms with Gasteiger partial charge in [0.2, 0.25) is 11.0 Å². The van der Waals surface area contributed by atoms with Crippen molar-refractivity contribution in [2.75, 3.05) is 5.32 Å². The Kier molecular flexibility index (Phi) is 3.35. The molecule has 1 amide bonds. The van der Waals surface area contributed by atoms with Gasteiger partial charge < -0.3 is 4.52 Å². The van der Waals surface area contributed by atoms with Crippen molar-refractivity contribution in [2.45, 2.75) is 32.6 Å². The number of carbonyl (C=O) groups is 1. The lowest BCUT2D eigenvalue weighted by atomic mass is 10.2. The molecule has 1 saturated carbocycles. The lowest BCUT2D eigenvalue weighted by Gasteiger charge is -1.94. The summed E-state index contributed by atoms with van der Waals surface area (Å²) in [5, 5.41) is 16.1. The van der Waals surface area contributed by atoms with Gasteiger partial charge in [-0.25, -0.2) is 0 Å². The summed E-state index contributed by atoms with van der Waals surface area (Å²) in [5.74, 6) is 1.01. The van der Waals surface area contributed by atoms with Crippen LogP contribution >= 0.6 is 11.3 Å². The maximum absolute atomic E-state index is 11.8. The molecule has 2 aromatic rings. The Hall–Kier alpha value is -2.02. The molecule has 6 nitrogen and oxygen atoms in total. The van der Waals surface area contributed by atoms with Crippen LogP contribution in [0.5, 0.6) is 0 Å². The summed E-state index contributed by atoms with van der Waals surface area (Å²) in [4.78, 5) is 11.8. The zero-order valence-electron chi connectivity index (χ0n) is 11.2. The topological polar surface area (TPSA) is 80.9 Å². The van der Waals surface area contributed by atoms with E-state index in [0.29, 0.717) is 16.8 Å². The monoisotopic (exact) mass is 290 g/mol. The molecule has 0 unspecified atom stereocenters. The van der Waals surface area contributed by atoms with Crippen molar-refractivity contribution < 1.29 is 9.32 Å². The summed E-state index contributed by atoms with van der Waals surface area (Å²) in [6.45, 7) is 3.64. The number of aromatic nitrogens is 3. The molecule has 1 fully saturated rings. The fourth-order valence-electron chi connectivity index (χ4n) is 1.81. The van der Waals surface area contributed by atoms with E-state index in [-0.39, 0.29) is 5.91 Å². The quantitative estimate of drug-likeness (QED) is 0.875. The molecule has 0 bridgehead atoms. The lowest BCUT2D eigenvalue weighted by molar-refractivity contribution is -0.111. The fourth-order valence-corrected chi connectivity index (χ4v) is 2.73. The van der Waals surface area contributed by atoms with Crippen molar-refractivity contribution in [2.24, 2.45) is 0 Å². The van der Waals surface area contributed by atoms with Crippen LogP contribution < -0.4 is 5.32 Å². The molecule has 2 heterocycles. The van der Waals surface area contributed by atoms with Crippen molar-refractivity contribution in [3.8, 4) is 0 Å². The smallest absolute Gasteiger partial charge is 0.250 e. The molecule has 2 aromatic heterocycles. The highest BCUT2D eigenvalue weighted by atomic mass is 32.1. The van der Waals surface area contributed by atoms with Gasteiger partial charge in [0.25, 0.3) is 0 Å². The molecular weight excluding hydrogens is 276 g/mol. The van der Waals surface area contributed by atoms with Gasteiger partial charge in [-0.15, -0.1) is 10.2 Å². The number of rotatable bonds is 4. The Bertz CT molecular complexity index is 650. The molecular formula is C13H14N4O2S. The van der Waals surface area contributed by atoms with Gasteiger partial charge in [0.05, 0.1) is 5.69 Å². The van der Waals surface area contributed by atoms with E-state index in [4.69, 9.17) is 4.52 Å². The molecule has 1 N–H and O–H groups in total. The lowest BCUT2D eigenvalue weighted by Crippen LogP contribution is -2.07. The first-order valence-electron chi connectivity index (χ1n) is 6.39.